The number of nitrogens with one attached hydrogen (secondary N) is 1. The van der Waals surface area contributed by atoms with Crippen LogP contribution in [0.4, 0.5) is 5.13 Å². The van der Waals surface area contributed by atoms with Gasteiger partial charge in [-0.3, -0.25) is 0 Å². The minimum absolute atomic E-state index is 0.544. The largest absolute Gasteiger partial charge is 0.381 e. The van der Waals surface area contributed by atoms with Gasteiger partial charge in [0, 0.05) is 30.3 Å². The monoisotopic (exact) mass is 212 g/mol. The predicted octanol–water partition coefficient (Wildman–Crippen LogP) is 2.43. The zero-order valence-corrected chi connectivity index (χ0v) is 9.27. The quantitative estimate of drug-likeness (QED) is 0.817. The van der Waals surface area contributed by atoms with Crippen molar-refractivity contribution >= 4 is 16.5 Å². The van der Waals surface area contributed by atoms with Gasteiger partial charge in [0.05, 0.1) is 0 Å². The topological polar surface area (TPSA) is 34.2 Å². The number of aryl methyl sites for hydroxylation is 1. The number of rotatable bonds is 2. The van der Waals surface area contributed by atoms with Crippen molar-refractivity contribution in [3.63, 3.8) is 0 Å². The van der Waals surface area contributed by atoms with E-state index in [0.29, 0.717) is 6.04 Å². The van der Waals surface area contributed by atoms with Crippen molar-refractivity contribution in [2.45, 2.75) is 32.2 Å². The Labute approximate surface area is 88.5 Å². The SMILES string of the molecule is Cc1cnc(NC2CCCOCC2)s1. The van der Waals surface area contributed by atoms with Crippen LogP contribution >= 0.6 is 11.3 Å². The average Bonchev–Trinajstić information content (AvgIpc) is 2.43. The highest BCUT2D eigenvalue weighted by molar-refractivity contribution is 7.15. The van der Waals surface area contributed by atoms with E-state index >= 15 is 0 Å². The Hall–Kier alpha value is -0.610. The van der Waals surface area contributed by atoms with Crippen LogP contribution < -0.4 is 5.32 Å². The molecule has 1 saturated heterocycles. The van der Waals surface area contributed by atoms with E-state index in [2.05, 4.69) is 17.2 Å². The van der Waals surface area contributed by atoms with Crippen LogP contribution in [0.1, 0.15) is 24.1 Å². The van der Waals surface area contributed by atoms with Gasteiger partial charge < -0.3 is 10.1 Å². The summed E-state index contributed by atoms with van der Waals surface area (Å²) in [5.74, 6) is 0. The van der Waals surface area contributed by atoms with E-state index in [9.17, 15) is 0 Å². The molecule has 0 saturated carbocycles. The predicted molar refractivity (Wildman–Crippen MR) is 58.9 cm³/mol. The lowest BCUT2D eigenvalue weighted by Crippen LogP contribution is -2.19. The highest BCUT2D eigenvalue weighted by atomic mass is 32.1. The van der Waals surface area contributed by atoms with Crippen LogP contribution in [0.2, 0.25) is 0 Å². The Kier molecular flexibility index (Phi) is 3.37. The van der Waals surface area contributed by atoms with E-state index in [1.807, 2.05) is 6.20 Å². The second kappa shape index (κ2) is 4.75. The smallest absolute Gasteiger partial charge is 0.183 e. The Balaban J connectivity index is 1.89. The van der Waals surface area contributed by atoms with E-state index in [1.165, 1.54) is 11.3 Å². The van der Waals surface area contributed by atoms with Gasteiger partial charge in [0.15, 0.2) is 5.13 Å². The number of hydrogen-bond acceptors (Lipinski definition) is 4. The molecule has 2 heterocycles. The molecule has 0 aliphatic carbocycles. The Morgan fingerprint density at radius 1 is 1.50 bits per heavy atom. The lowest BCUT2D eigenvalue weighted by Gasteiger charge is -2.13. The highest BCUT2D eigenvalue weighted by Gasteiger charge is 2.12. The second-order valence-corrected chi connectivity index (χ2v) is 4.90. The zero-order valence-electron chi connectivity index (χ0n) is 8.45. The fraction of sp³-hybridized carbons (Fsp3) is 0.700. The summed E-state index contributed by atoms with van der Waals surface area (Å²) in [4.78, 5) is 5.57. The van der Waals surface area contributed by atoms with Crippen LogP contribution in [-0.4, -0.2) is 24.2 Å². The summed E-state index contributed by atoms with van der Waals surface area (Å²) < 4.78 is 5.41. The molecular weight excluding hydrogens is 196 g/mol. The van der Waals surface area contributed by atoms with Gasteiger partial charge in [-0.05, 0) is 26.2 Å². The summed E-state index contributed by atoms with van der Waals surface area (Å²) in [6.07, 6.45) is 5.36. The normalized spacial score (nSPS) is 23.1. The molecule has 1 aromatic rings. The van der Waals surface area contributed by atoms with Crippen molar-refractivity contribution in [3.05, 3.63) is 11.1 Å². The summed E-state index contributed by atoms with van der Waals surface area (Å²) in [5.41, 5.74) is 0. The molecule has 1 aliphatic heterocycles. The van der Waals surface area contributed by atoms with Crippen molar-refractivity contribution in [2.75, 3.05) is 18.5 Å². The molecule has 0 amide bonds. The van der Waals surface area contributed by atoms with Gasteiger partial charge in [0.2, 0.25) is 0 Å². The number of hydrogen-bond donors (Lipinski definition) is 1. The molecular formula is C10H16N2OS. The van der Waals surface area contributed by atoms with Gasteiger partial charge >= 0.3 is 0 Å². The molecule has 4 heteroatoms. The molecule has 1 aliphatic rings. The van der Waals surface area contributed by atoms with Gasteiger partial charge in [0.25, 0.3) is 0 Å². The van der Waals surface area contributed by atoms with Crippen LogP contribution in [-0.2, 0) is 4.74 Å². The summed E-state index contributed by atoms with van der Waals surface area (Å²) in [6.45, 7) is 3.87. The summed E-state index contributed by atoms with van der Waals surface area (Å²) in [6, 6.07) is 0.544. The molecule has 0 spiro atoms. The Morgan fingerprint density at radius 2 is 2.43 bits per heavy atom. The van der Waals surface area contributed by atoms with Crippen LogP contribution in [0.3, 0.4) is 0 Å². The summed E-state index contributed by atoms with van der Waals surface area (Å²) in [5, 5.41) is 4.52. The van der Waals surface area contributed by atoms with Crippen molar-refractivity contribution < 1.29 is 4.74 Å². The number of thiazole rings is 1. The van der Waals surface area contributed by atoms with E-state index in [4.69, 9.17) is 4.74 Å². The molecule has 14 heavy (non-hydrogen) atoms. The number of anilines is 1. The number of ether oxygens (including phenoxy) is 1. The summed E-state index contributed by atoms with van der Waals surface area (Å²) in [7, 11) is 0. The van der Waals surface area contributed by atoms with Crippen molar-refractivity contribution in [3.8, 4) is 0 Å². The third-order valence-electron chi connectivity index (χ3n) is 2.40. The Morgan fingerprint density at radius 3 is 3.21 bits per heavy atom. The molecule has 1 N–H and O–H groups in total. The maximum atomic E-state index is 5.41. The molecule has 0 aromatic carbocycles. The van der Waals surface area contributed by atoms with Crippen molar-refractivity contribution in [1.82, 2.24) is 4.98 Å². The molecule has 1 atom stereocenters. The first-order valence-corrected chi connectivity index (χ1v) is 5.93. The molecule has 2 rings (SSSR count). The maximum Gasteiger partial charge on any atom is 0.183 e. The van der Waals surface area contributed by atoms with Gasteiger partial charge in [-0.1, -0.05) is 0 Å². The van der Waals surface area contributed by atoms with E-state index in [1.54, 1.807) is 11.3 Å². The van der Waals surface area contributed by atoms with E-state index in [0.717, 1.165) is 31.2 Å². The van der Waals surface area contributed by atoms with Gasteiger partial charge in [0.1, 0.15) is 0 Å². The molecule has 1 aromatic heterocycles. The first kappa shape index (κ1) is 9.93. The zero-order chi connectivity index (χ0) is 9.80. The lowest BCUT2D eigenvalue weighted by molar-refractivity contribution is 0.144. The van der Waals surface area contributed by atoms with Gasteiger partial charge in [-0.2, -0.15) is 0 Å². The van der Waals surface area contributed by atoms with Crippen LogP contribution in [0.15, 0.2) is 6.20 Å². The first-order valence-electron chi connectivity index (χ1n) is 5.11. The molecule has 0 bridgehead atoms. The minimum Gasteiger partial charge on any atom is -0.381 e. The second-order valence-electron chi connectivity index (χ2n) is 3.66. The van der Waals surface area contributed by atoms with Gasteiger partial charge in [-0.25, -0.2) is 4.98 Å². The number of nitrogens with zero attached hydrogens (tertiary/aromatic N) is 1. The van der Waals surface area contributed by atoms with Crippen LogP contribution in [0.5, 0.6) is 0 Å². The van der Waals surface area contributed by atoms with Crippen LogP contribution in [0.25, 0.3) is 0 Å². The molecule has 1 unspecified atom stereocenters. The molecule has 3 nitrogen and oxygen atoms in total. The van der Waals surface area contributed by atoms with Gasteiger partial charge in [-0.15, -0.1) is 11.3 Å². The molecule has 1 fully saturated rings. The van der Waals surface area contributed by atoms with Crippen molar-refractivity contribution in [1.29, 1.82) is 0 Å². The maximum absolute atomic E-state index is 5.41. The van der Waals surface area contributed by atoms with E-state index < -0.39 is 0 Å². The standard InChI is InChI=1S/C10H16N2OS/c1-8-7-11-10(14-8)12-9-3-2-5-13-6-4-9/h7,9H,2-6H2,1H3,(H,11,12). The van der Waals surface area contributed by atoms with Crippen LogP contribution in [0, 0.1) is 6.92 Å². The average molecular weight is 212 g/mol. The molecule has 0 radical (unpaired) electrons. The van der Waals surface area contributed by atoms with E-state index in [-0.39, 0.29) is 0 Å². The molecule has 78 valence electrons. The first-order chi connectivity index (χ1) is 6.84. The van der Waals surface area contributed by atoms with Crippen molar-refractivity contribution in [2.24, 2.45) is 0 Å². The third kappa shape index (κ3) is 2.69. The summed E-state index contributed by atoms with van der Waals surface area (Å²) >= 11 is 1.73. The lowest BCUT2D eigenvalue weighted by atomic mass is 10.1. The number of aromatic nitrogens is 1. The fourth-order valence-corrected chi connectivity index (χ4v) is 2.39. The third-order valence-corrected chi connectivity index (χ3v) is 3.24. The minimum atomic E-state index is 0.544. The Bertz CT molecular complexity index is 279. The fourth-order valence-electron chi connectivity index (χ4n) is 1.64. The highest BCUT2D eigenvalue weighted by Crippen LogP contribution is 2.20.